The second-order valence-corrected chi connectivity index (χ2v) is 7.96. The van der Waals surface area contributed by atoms with Crippen LogP contribution in [0.25, 0.3) is 22.2 Å². The average molecular weight is 433 g/mol. The lowest BCUT2D eigenvalue weighted by Crippen LogP contribution is -2.52. The fraction of sp³-hybridized carbons (Fsp3) is 0.227. The number of hydrogen-bond acceptors (Lipinski definition) is 6. The first kappa shape index (κ1) is 19.7. The van der Waals surface area contributed by atoms with Crippen LogP contribution < -0.4 is 11.1 Å². The predicted molar refractivity (Wildman–Crippen MR) is 114 cm³/mol. The molecule has 5 rings (SSSR count). The van der Waals surface area contributed by atoms with Gasteiger partial charge in [0.1, 0.15) is 6.04 Å². The number of piperidine rings is 1. The number of imidazole rings is 1. The number of aromatic carboxylic acids is 1. The molecule has 0 bridgehead atoms. The molecule has 2 aromatic carbocycles. The zero-order valence-electron chi connectivity index (χ0n) is 17.1. The number of anilines is 1. The number of carboxylic acids is 1. The monoisotopic (exact) mass is 433 g/mol. The van der Waals surface area contributed by atoms with Gasteiger partial charge in [0.2, 0.25) is 17.8 Å². The molecule has 0 spiro atoms. The summed E-state index contributed by atoms with van der Waals surface area (Å²) in [4.78, 5) is 54.5. The number of carbonyl (C=O) groups is 4. The largest absolute Gasteiger partial charge is 0.478 e. The maximum absolute atomic E-state index is 13.1. The van der Waals surface area contributed by atoms with Gasteiger partial charge in [-0.25, -0.2) is 9.78 Å². The smallest absolute Gasteiger partial charge is 0.335 e. The second kappa shape index (κ2) is 6.91. The number of aryl methyl sites for hydroxylation is 1. The summed E-state index contributed by atoms with van der Waals surface area (Å²) in [5.41, 5.74) is 9.49. The number of benzene rings is 2. The molecule has 0 saturated carbocycles. The molecule has 162 valence electrons. The van der Waals surface area contributed by atoms with Crippen LogP contribution >= 0.6 is 0 Å². The van der Waals surface area contributed by atoms with Gasteiger partial charge in [0.05, 0.1) is 16.6 Å². The minimum absolute atomic E-state index is 0.0505. The first-order valence-corrected chi connectivity index (χ1v) is 10.0. The Hall–Kier alpha value is -4.21. The second-order valence-electron chi connectivity index (χ2n) is 7.96. The molecule has 1 atom stereocenters. The highest BCUT2D eigenvalue weighted by Gasteiger charge is 2.40. The molecule has 1 saturated heterocycles. The molecule has 10 heteroatoms. The van der Waals surface area contributed by atoms with Crippen molar-refractivity contribution in [1.29, 1.82) is 0 Å². The zero-order valence-corrected chi connectivity index (χ0v) is 17.1. The summed E-state index contributed by atoms with van der Waals surface area (Å²) in [7, 11) is 1.73. The summed E-state index contributed by atoms with van der Waals surface area (Å²) in [6, 6.07) is 7.48. The maximum atomic E-state index is 13.1. The van der Waals surface area contributed by atoms with Crippen molar-refractivity contribution in [2.75, 3.05) is 5.73 Å². The van der Waals surface area contributed by atoms with Crippen molar-refractivity contribution in [3.8, 4) is 11.1 Å². The summed E-state index contributed by atoms with van der Waals surface area (Å²) in [5, 5.41) is 11.9. The zero-order chi connectivity index (χ0) is 22.7. The number of nitrogen functional groups attached to an aromatic ring is 1. The first-order chi connectivity index (χ1) is 15.3. The number of nitrogens with zero attached hydrogens (tertiary/aromatic N) is 3. The van der Waals surface area contributed by atoms with Crippen LogP contribution in [0.2, 0.25) is 0 Å². The van der Waals surface area contributed by atoms with Crippen molar-refractivity contribution in [3.05, 3.63) is 47.0 Å². The Labute approximate surface area is 181 Å². The van der Waals surface area contributed by atoms with Crippen LogP contribution in [0, 0.1) is 0 Å². The lowest BCUT2D eigenvalue weighted by atomic mass is 9.94. The predicted octanol–water partition coefficient (Wildman–Crippen LogP) is 1.28. The molecule has 0 aliphatic carbocycles. The van der Waals surface area contributed by atoms with Gasteiger partial charge in [0, 0.05) is 31.1 Å². The number of fused-ring (bicyclic) bond motifs is 2. The number of nitrogens with one attached hydrogen (secondary N) is 1. The van der Waals surface area contributed by atoms with Gasteiger partial charge in [-0.05, 0) is 35.7 Å². The molecule has 1 aromatic heterocycles. The summed E-state index contributed by atoms with van der Waals surface area (Å²) >= 11 is 0. The lowest BCUT2D eigenvalue weighted by molar-refractivity contribution is -0.136. The number of nitrogens with two attached hydrogens (primary N) is 1. The van der Waals surface area contributed by atoms with Gasteiger partial charge < -0.3 is 20.3 Å². The molecule has 3 heterocycles. The van der Waals surface area contributed by atoms with Crippen molar-refractivity contribution < 1.29 is 24.3 Å². The minimum atomic E-state index is -1.11. The third-order valence-electron chi connectivity index (χ3n) is 6.12. The van der Waals surface area contributed by atoms with Crippen molar-refractivity contribution in [3.63, 3.8) is 0 Å². The van der Waals surface area contributed by atoms with Gasteiger partial charge in [0.25, 0.3) is 5.91 Å². The fourth-order valence-electron chi connectivity index (χ4n) is 4.54. The standard InChI is InChI=1S/C22H19N5O5/c1-26-18-13(7-10(21(31)32)8-15(18)24-22(26)23)11-3-2-4-12-14(11)9-27(20(12)30)16-5-6-17(28)25-19(16)29/h2-4,7-8,16H,5-6,9H2,1H3,(H2,23,24)(H,31,32)(H,25,28,29). The van der Waals surface area contributed by atoms with E-state index >= 15 is 0 Å². The summed E-state index contributed by atoms with van der Waals surface area (Å²) in [6.07, 6.45) is 0.426. The Morgan fingerprint density at radius 1 is 1.19 bits per heavy atom. The van der Waals surface area contributed by atoms with Crippen LogP contribution in [0.1, 0.15) is 39.1 Å². The van der Waals surface area contributed by atoms with Crippen molar-refractivity contribution in [2.24, 2.45) is 7.05 Å². The van der Waals surface area contributed by atoms with Crippen LogP contribution in [0.15, 0.2) is 30.3 Å². The Morgan fingerprint density at radius 3 is 2.66 bits per heavy atom. The van der Waals surface area contributed by atoms with E-state index < -0.39 is 17.9 Å². The highest BCUT2D eigenvalue weighted by atomic mass is 16.4. The minimum Gasteiger partial charge on any atom is -0.478 e. The van der Waals surface area contributed by atoms with Crippen LogP contribution in [-0.2, 0) is 23.2 Å². The van der Waals surface area contributed by atoms with E-state index in [-0.39, 0.29) is 42.7 Å². The number of amides is 3. The van der Waals surface area contributed by atoms with E-state index in [1.165, 1.54) is 11.0 Å². The molecule has 2 aliphatic heterocycles. The summed E-state index contributed by atoms with van der Waals surface area (Å²) in [6.45, 7) is 0.169. The van der Waals surface area contributed by atoms with Crippen molar-refractivity contribution in [1.82, 2.24) is 19.8 Å². The molecule has 3 amide bonds. The molecular formula is C22H19N5O5. The highest BCUT2D eigenvalue weighted by molar-refractivity contribution is 6.08. The van der Waals surface area contributed by atoms with Crippen molar-refractivity contribution >= 4 is 40.7 Å². The first-order valence-electron chi connectivity index (χ1n) is 10.0. The topological polar surface area (TPSA) is 148 Å². The van der Waals surface area contributed by atoms with Crippen LogP contribution in [-0.4, -0.2) is 49.3 Å². The van der Waals surface area contributed by atoms with E-state index in [4.69, 9.17) is 5.73 Å². The van der Waals surface area contributed by atoms with Gasteiger partial charge in [-0.3, -0.25) is 19.7 Å². The molecule has 4 N–H and O–H groups in total. The third kappa shape index (κ3) is 2.83. The van der Waals surface area contributed by atoms with E-state index in [1.807, 2.05) is 6.07 Å². The lowest BCUT2D eigenvalue weighted by Gasteiger charge is -2.29. The Balaban J connectivity index is 1.66. The summed E-state index contributed by atoms with van der Waals surface area (Å²) in [5.74, 6) is -2.01. The van der Waals surface area contributed by atoms with E-state index in [9.17, 15) is 24.3 Å². The fourth-order valence-corrected chi connectivity index (χ4v) is 4.54. The molecule has 1 fully saturated rings. The normalized spacial score (nSPS) is 18.2. The highest BCUT2D eigenvalue weighted by Crippen LogP contribution is 2.38. The van der Waals surface area contributed by atoms with Crippen LogP contribution in [0.5, 0.6) is 0 Å². The maximum Gasteiger partial charge on any atom is 0.335 e. The number of aromatic nitrogens is 2. The number of hydrogen-bond donors (Lipinski definition) is 3. The molecule has 3 aromatic rings. The third-order valence-corrected chi connectivity index (χ3v) is 6.12. The number of carbonyl (C=O) groups excluding carboxylic acids is 3. The Morgan fingerprint density at radius 2 is 1.94 bits per heavy atom. The number of carboxylic acid groups (broad SMARTS) is 1. The molecule has 10 nitrogen and oxygen atoms in total. The van der Waals surface area contributed by atoms with Gasteiger partial charge >= 0.3 is 5.97 Å². The van der Waals surface area contributed by atoms with Crippen molar-refractivity contribution in [2.45, 2.75) is 25.4 Å². The van der Waals surface area contributed by atoms with Gasteiger partial charge in [0.15, 0.2) is 0 Å². The van der Waals surface area contributed by atoms with E-state index in [1.54, 1.807) is 29.8 Å². The van der Waals surface area contributed by atoms with E-state index in [0.717, 1.165) is 0 Å². The van der Waals surface area contributed by atoms with Gasteiger partial charge in [-0.2, -0.15) is 0 Å². The number of imide groups is 1. The average Bonchev–Trinajstić information content (AvgIpc) is 3.23. The number of rotatable bonds is 3. The molecule has 32 heavy (non-hydrogen) atoms. The van der Waals surface area contributed by atoms with Crippen LogP contribution in [0.4, 0.5) is 5.95 Å². The van der Waals surface area contributed by atoms with Gasteiger partial charge in [-0.1, -0.05) is 12.1 Å². The molecule has 0 radical (unpaired) electrons. The Kier molecular flexibility index (Phi) is 4.26. The Bertz CT molecular complexity index is 1360. The molecular weight excluding hydrogens is 414 g/mol. The molecule has 1 unspecified atom stereocenters. The van der Waals surface area contributed by atoms with Gasteiger partial charge in [-0.15, -0.1) is 0 Å². The van der Waals surface area contributed by atoms with E-state index in [0.29, 0.717) is 33.3 Å². The summed E-state index contributed by atoms with van der Waals surface area (Å²) < 4.78 is 1.67. The SMILES string of the molecule is Cn1c(N)nc2cc(C(=O)O)cc(-c3cccc4c3CN(C3CCC(=O)NC3=O)C4=O)c21. The van der Waals surface area contributed by atoms with Crippen LogP contribution in [0.3, 0.4) is 0 Å². The quantitative estimate of drug-likeness (QED) is 0.527. The van der Waals surface area contributed by atoms with E-state index in [2.05, 4.69) is 10.3 Å². The molecule has 2 aliphatic rings.